The quantitative estimate of drug-likeness (QED) is 0.738. The van der Waals surface area contributed by atoms with Crippen LogP contribution in [0.3, 0.4) is 0 Å². The van der Waals surface area contributed by atoms with Gasteiger partial charge >= 0.3 is 0 Å². The van der Waals surface area contributed by atoms with Crippen molar-refractivity contribution in [2.24, 2.45) is 5.92 Å². The van der Waals surface area contributed by atoms with Crippen LogP contribution in [0.15, 0.2) is 0 Å². The Bertz CT molecular complexity index is 174. The van der Waals surface area contributed by atoms with Gasteiger partial charge in [0.1, 0.15) is 0 Å². The van der Waals surface area contributed by atoms with Gasteiger partial charge in [0.2, 0.25) is 0 Å². The number of ether oxygens (including phenoxy) is 2. The Morgan fingerprint density at radius 3 is 2.80 bits per heavy atom. The first-order valence-corrected chi connectivity index (χ1v) is 5.84. The van der Waals surface area contributed by atoms with E-state index in [1.165, 1.54) is 0 Å². The zero-order chi connectivity index (χ0) is 11.3. The van der Waals surface area contributed by atoms with Gasteiger partial charge in [-0.1, -0.05) is 0 Å². The maximum absolute atomic E-state index is 9.86. The van der Waals surface area contributed by atoms with Gasteiger partial charge in [0.25, 0.3) is 0 Å². The van der Waals surface area contributed by atoms with Crippen molar-refractivity contribution in [1.29, 1.82) is 0 Å². The summed E-state index contributed by atoms with van der Waals surface area (Å²) < 4.78 is 10.6. The number of aliphatic hydroxyl groups is 1. The lowest BCUT2D eigenvalue weighted by atomic mass is 9.94. The fraction of sp³-hybridized carbons (Fsp3) is 1.00. The lowest BCUT2D eigenvalue weighted by molar-refractivity contribution is 0.000514. The van der Waals surface area contributed by atoms with Crippen molar-refractivity contribution in [3.63, 3.8) is 0 Å². The van der Waals surface area contributed by atoms with Gasteiger partial charge in [-0.05, 0) is 45.4 Å². The highest BCUT2D eigenvalue weighted by molar-refractivity contribution is 4.73. The molecule has 0 aromatic rings. The van der Waals surface area contributed by atoms with Crippen molar-refractivity contribution in [1.82, 2.24) is 0 Å². The molecular weight excluding hydrogens is 192 g/mol. The van der Waals surface area contributed by atoms with E-state index in [2.05, 4.69) is 13.8 Å². The first kappa shape index (κ1) is 12.9. The van der Waals surface area contributed by atoms with Crippen LogP contribution >= 0.6 is 0 Å². The lowest BCUT2D eigenvalue weighted by Gasteiger charge is -2.24. The standard InChI is InChI=1S/C12H24O3/c1-12(2,14-3)6-4-11(13)8-10-5-7-15-9-10/h10-11,13H,4-9H2,1-3H3. The van der Waals surface area contributed by atoms with E-state index in [4.69, 9.17) is 9.47 Å². The van der Waals surface area contributed by atoms with Gasteiger partial charge in [-0.3, -0.25) is 0 Å². The molecule has 0 bridgehead atoms. The molecule has 3 heteroatoms. The third-order valence-electron chi connectivity index (χ3n) is 3.26. The summed E-state index contributed by atoms with van der Waals surface area (Å²) in [6.45, 7) is 5.79. The monoisotopic (exact) mass is 216 g/mol. The molecule has 90 valence electrons. The maximum Gasteiger partial charge on any atom is 0.0623 e. The van der Waals surface area contributed by atoms with E-state index in [1.807, 2.05) is 0 Å². The van der Waals surface area contributed by atoms with Crippen LogP contribution in [-0.2, 0) is 9.47 Å². The molecule has 1 rings (SSSR count). The molecule has 3 nitrogen and oxygen atoms in total. The van der Waals surface area contributed by atoms with E-state index in [1.54, 1.807) is 7.11 Å². The Labute approximate surface area is 92.8 Å². The van der Waals surface area contributed by atoms with Gasteiger partial charge < -0.3 is 14.6 Å². The molecule has 1 saturated heterocycles. The van der Waals surface area contributed by atoms with Gasteiger partial charge in [-0.25, -0.2) is 0 Å². The van der Waals surface area contributed by atoms with Crippen LogP contribution in [0.5, 0.6) is 0 Å². The molecule has 0 radical (unpaired) electrons. The van der Waals surface area contributed by atoms with Crippen molar-refractivity contribution < 1.29 is 14.6 Å². The molecule has 0 aromatic heterocycles. The minimum atomic E-state index is -0.203. The molecule has 1 N–H and O–H groups in total. The summed E-state index contributed by atoms with van der Waals surface area (Å²) >= 11 is 0. The van der Waals surface area contributed by atoms with Crippen LogP contribution in [0.4, 0.5) is 0 Å². The van der Waals surface area contributed by atoms with Crippen molar-refractivity contribution >= 4 is 0 Å². The topological polar surface area (TPSA) is 38.7 Å². The summed E-state index contributed by atoms with van der Waals surface area (Å²) in [6, 6.07) is 0. The second-order valence-corrected chi connectivity index (χ2v) is 5.12. The molecular formula is C12H24O3. The van der Waals surface area contributed by atoms with Gasteiger partial charge in [0, 0.05) is 20.3 Å². The van der Waals surface area contributed by atoms with Gasteiger partial charge in [0.15, 0.2) is 0 Å². The van der Waals surface area contributed by atoms with E-state index < -0.39 is 0 Å². The van der Waals surface area contributed by atoms with Crippen LogP contribution in [0, 0.1) is 5.92 Å². The Hall–Kier alpha value is -0.120. The fourth-order valence-corrected chi connectivity index (χ4v) is 1.89. The van der Waals surface area contributed by atoms with Crippen molar-refractivity contribution in [2.45, 2.75) is 51.2 Å². The predicted molar refractivity (Wildman–Crippen MR) is 59.9 cm³/mol. The highest BCUT2D eigenvalue weighted by atomic mass is 16.5. The number of hydrogen-bond acceptors (Lipinski definition) is 3. The number of aliphatic hydroxyl groups excluding tert-OH is 1. The molecule has 1 aliphatic rings. The summed E-state index contributed by atoms with van der Waals surface area (Å²) in [6.07, 6.45) is 3.49. The highest BCUT2D eigenvalue weighted by Crippen LogP contribution is 2.23. The molecule has 2 unspecified atom stereocenters. The molecule has 15 heavy (non-hydrogen) atoms. The molecule has 0 saturated carbocycles. The molecule has 0 amide bonds. The second kappa shape index (κ2) is 5.83. The summed E-state index contributed by atoms with van der Waals surface area (Å²) in [5.41, 5.74) is -0.118. The van der Waals surface area contributed by atoms with Crippen LogP contribution in [0.1, 0.15) is 39.5 Å². The fourth-order valence-electron chi connectivity index (χ4n) is 1.89. The van der Waals surface area contributed by atoms with Crippen LogP contribution in [-0.4, -0.2) is 37.1 Å². The molecule has 1 aliphatic heterocycles. The summed E-state index contributed by atoms with van der Waals surface area (Å²) in [5.74, 6) is 0.561. The maximum atomic E-state index is 9.86. The summed E-state index contributed by atoms with van der Waals surface area (Å²) in [5, 5.41) is 9.86. The molecule has 0 aromatic carbocycles. The average molecular weight is 216 g/mol. The smallest absolute Gasteiger partial charge is 0.0623 e. The highest BCUT2D eigenvalue weighted by Gasteiger charge is 2.22. The van der Waals surface area contributed by atoms with Gasteiger partial charge in [-0.2, -0.15) is 0 Å². The third kappa shape index (κ3) is 4.96. The molecule has 1 fully saturated rings. The Balaban J connectivity index is 2.15. The molecule has 2 atom stereocenters. The summed E-state index contributed by atoms with van der Waals surface area (Å²) in [4.78, 5) is 0. The number of hydrogen-bond donors (Lipinski definition) is 1. The van der Waals surface area contributed by atoms with E-state index >= 15 is 0 Å². The van der Waals surface area contributed by atoms with Crippen LogP contribution < -0.4 is 0 Å². The Kier molecular flexibility index (Phi) is 5.03. The van der Waals surface area contributed by atoms with Crippen molar-refractivity contribution in [2.75, 3.05) is 20.3 Å². The van der Waals surface area contributed by atoms with Crippen LogP contribution in [0.2, 0.25) is 0 Å². The summed E-state index contributed by atoms with van der Waals surface area (Å²) in [7, 11) is 1.72. The number of methoxy groups -OCH3 is 1. The zero-order valence-corrected chi connectivity index (χ0v) is 10.2. The molecule has 1 heterocycles. The molecule has 0 aliphatic carbocycles. The Morgan fingerprint density at radius 2 is 2.27 bits per heavy atom. The first-order valence-electron chi connectivity index (χ1n) is 5.84. The normalized spacial score (nSPS) is 24.4. The van der Waals surface area contributed by atoms with Gasteiger partial charge in [-0.15, -0.1) is 0 Å². The average Bonchev–Trinajstić information content (AvgIpc) is 2.68. The Morgan fingerprint density at radius 1 is 1.53 bits per heavy atom. The van der Waals surface area contributed by atoms with Gasteiger partial charge in [0.05, 0.1) is 11.7 Å². The van der Waals surface area contributed by atoms with E-state index in [-0.39, 0.29) is 11.7 Å². The van der Waals surface area contributed by atoms with Crippen molar-refractivity contribution in [3.05, 3.63) is 0 Å². The lowest BCUT2D eigenvalue weighted by Crippen LogP contribution is -2.25. The minimum Gasteiger partial charge on any atom is -0.393 e. The zero-order valence-electron chi connectivity index (χ0n) is 10.2. The molecule has 0 spiro atoms. The third-order valence-corrected chi connectivity index (χ3v) is 3.26. The minimum absolute atomic E-state index is 0.118. The van der Waals surface area contributed by atoms with Crippen molar-refractivity contribution in [3.8, 4) is 0 Å². The van der Waals surface area contributed by atoms with Crippen LogP contribution in [0.25, 0.3) is 0 Å². The van der Waals surface area contributed by atoms with E-state index in [0.717, 1.165) is 38.9 Å². The van der Waals surface area contributed by atoms with E-state index in [0.29, 0.717) is 5.92 Å². The predicted octanol–water partition coefficient (Wildman–Crippen LogP) is 1.98. The second-order valence-electron chi connectivity index (χ2n) is 5.12. The largest absolute Gasteiger partial charge is 0.393 e. The number of rotatable bonds is 6. The first-order chi connectivity index (χ1) is 7.03. The SMILES string of the molecule is COC(C)(C)CCC(O)CC1CCOC1. The van der Waals surface area contributed by atoms with E-state index in [9.17, 15) is 5.11 Å².